The quantitative estimate of drug-likeness (QED) is 0.852. The van der Waals surface area contributed by atoms with Crippen LogP contribution in [0, 0.1) is 6.92 Å². The van der Waals surface area contributed by atoms with E-state index >= 15 is 0 Å². The van der Waals surface area contributed by atoms with Crippen molar-refractivity contribution in [3.63, 3.8) is 0 Å². The number of sulfonamides is 1. The van der Waals surface area contributed by atoms with Crippen molar-refractivity contribution in [2.75, 3.05) is 18.8 Å². The van der Waals surface area contributed by atoms with Crippen LogP contribution in [0.4, 0.5) is 5.69 Å². The lowest BCUT2D eigenvalue weighted by Gasteiger charge is -2.14. The third kappa shape index (κ3) is 3.68. The second-order valence-corrected chi connectivity index (χ2v) is 9.27. The van der Waals surface area contributed by atoms with Crippen molar-refractivity contribution in [1.29, 1.82) is 0 Å². The predicted molar refractivity (Wildman–Crippen MR) is 92.0 cm³/mol. The molecule has 0 saturated carbocycles. The molecule has 0 aliphatic carbocycles. The Morgan fingerprint density at radius 3 is 2.45 bits per heavy atom. The number of nitrogens with zero attached hydrogens (tertiary/aromatic N) is 1. The van der Waals surface area contributed by atoms with Crippen LogP contribution in [0.15, 0.2) is 38.3 Å². The summed E-state index contributed by atoms with van der Waals surface area (Å²) in [6, 6.07) is 8.16. The summed E-state index contributed by atoms with van der Waals surface area (Å²) >= 11 is 4.37. The molecule has 1 N–H and O–H groups in total. The molecule has 0 atom stereocenters. The minimum absolute atomic E-state index is 0.181. The second kappa shape index (κ2) is 6.39. The van der Waals surface area contributed by atoms with Crippen molar-refractivity contribution in [3.05, 3.63) is 45.2 Å². The van der Waals surface area contributed by atoms with E-state index in [2.05, 4.69) is 20.7 Å². The number of thiophene rings is 1. The first-order chi connectivity index (χ1) is 10.2. The molecule has 2 rings (SSSR count). The van der Waals surface area contributed by atoms with Crippen LogP contribution in [0.2, 0.25) is 0 Å². The standard InChI is InChI=1S/C14H15BrN2O3S2/c1-9-4-5-10(14(18)17(2)3)8-11(9)16-22(19,20)13-7-6-12(15)21-13/h4-8,16H,1-3H3. The molecule has 0 unspecified atom stereocenters. The fraction of sp³-hybridized carbons (Fsp3) is 0.214. The van der Waals surface area contributed by atoms with Gasteiger partial charge in [0.15, 0.2) is 0 Å². The van der Waals surface area contributed by atoms with Crippen LogP contribution in [0.5, 0.6) is 0 Å². The van der Waals surface area contributed by atoms with E-state index in [-0.39, 0.29) is 10.1 Å². The zero-order chi connectivity index (χ0) is 16.5. The van der Waals surface area contributed by atoms with E-state index in [1.54, 1.807) is 45.3 Å². The number of carbonyl (C=O) groups excluding carboxylic acids is 1. The first-order valence-electron chi connectivity index (χ1n) is 6.31. The number of hydrogen-bond acceptors (Lipinski definition) is 4. The number of carbonyl (C=O) groups is 1. The number of nitrogens with one attached hydrogen (secondary N) is 1. The first kappa shape index (κ1) is 17.0. The van der Waals surface area contributed by atoms with Gasteiger partial charge in [-0.05, 0) is 52.7 Å². The zero-order valence-electron chi connectivity index (χ0n) is 12.3. The van der Waals surface area contributed by atoms with Crippen molar-refractivity contribution < 1.29 is 13.2 Å². The molecule has 0 radical (unpaired) electrons. The SMILES string of the molecule is Cc1ccc(C(=O)N(C)C)cc1NS(=O)(=O)c1ccc(Br)s1. The molecular weight excluding hydrogens is 388 g/mol. The predicted octanol–water partition coefficient (Wildman–Crippen LogP) is 3.32. The number of anilines is 1. The molecule has 5 nitrogen and oxygen atoms in total. The largest absolute Gasteiger partial charge is 0.345 e. The monoisotopic (exact) mass is 402 g/mol. The smallest absolute Gasteiger partial charge is 0.271 e. The molecule has 1 aromatic heterocycles. The lowest BCUT2D eigenvalue weighted by molar-refractivity contribution is 0.0827. The van der Waals surface area contributed by atoms with Gasteiger partial charge in [-0.15, -0.1) is 11.3 Å². The molecule has 2 aromatic rings. The molecule has 0 bridgehead atoms. The molecule has 0 aliphatic heterocycles. The molecule has 1 heterocycles. The third-order valence-corrected chi connectivity index (χ3v) is 6.43. The van der Waals surface area contributed by atoms with Gasteiger partial charge in [-0.25, -0.2) is 8.42 Å². The van der Waals surface area contributed by atoms with E-state index in [1.165, 1.54) is 11.0 Å². The van der Waals surface area contributed by atoms with Crippen LogP contribution < -0.4 is 4.72 Å². The molecule has 8 heteroatoms. The lowest BCUT2D eigenvalue weighted by Crippen LogP contribution is -2.22. The van der Waals surface area contributed by atoms with Crippen LogP contribution >= 0.6 is 27.3 Å². The van der Waals surface area contributed by atoms with E-state index in [0.29, 0.717) is 11.3 Å². The van der Waals surface area contributed by atoms with E-state index in [0.717, 1.165) is 20.7 Å². The van der Waals surface area contributed by atoms with Gasteiger partial charge in [0.1, 0.15) is 4.21 Å². The summed E-state index contributed by atoms with van der Waals surface area (Å²) < 4.78 is 28.2. The van der Waals surface area contributed by atoms with E-state index in [9.17, 15) is 13.2 Å². The second-order valence-electron chi connectivity index (χ2n) is 4.89. The Hall–Kier alpha value is -1.38. The van der Waals surface area contributed by atoms with Gasteiger partial charge < -0.3 is 4.90 Å². The molecule has 0 spiro atoms. The average Bonchev–Trinajstić information content (AvgIpc) is 2.87. The topological polar surface area (TPSA) is 66.5 Å². The fourth-order valence-corrected chi connectivity index (χ4v) is 4.89. The average molecular weight is 403 g/mol. The first-order valence-corrected chi connectivity index (χ1v) is 9.40. The fourth-order valence-electron chi connectivity index (χ4n) is 1.76. The van der Waals surface area contributed by atoms with E-state index < -0.39 is 10.0 Å². The molecule has 0 fully saturated rings. The lowest BCUT2D eigenvalue weighted by atomic mass is 10.1. The highest BCUT2D eigenvalue weighted by Crippen LogP contribution is 2.28. The van der Waals surface area contributed by atoms with Gasteiger partial charge >= 0.3 is 0 Å². The highest BCUT2D eigenvalue weighted by Gasteiger charge is 2.19. The third-order valence-electron chi connectivity index (χ3n) is 2.95. The number of aryl methyl sites for hydroxylation is 1. The summed E-state index contributed by atoms with van der Waals surface area (Å²) in [5.74, 6) is -0.181. The summed E-state index contributed by atoms with van der Waals surface area (Å²) in [4.78, 5) is 13.4. The number of benzene rings is 1. The van der Waals surface area contributed by atoms with E-state index in [1.807, 2.05) is 0 Å². The van der Waals surface area contributed by atoms with Crippen LogP contribution in [0.3, 0.4) is 0 Å². The van der Waals surface area contributed by atoms with Gasteiger partial charge in [-0.3, -0.25) is 9.52 Å². The van der Waals surface area contributed by atoms with Gasteiger partial charge in [0, 0.05) is 19.7 Å². The van der Waals surface area contributed by atoms with Crippen molar-refractivity contribution in [1.82, 2.24) is 4.90 Å². The normalized spacial score (nSPS) is 11.3. The Morgan fingerprint density at radius 1 is 1.23 bits per heavy atom. The maximum Gasteiger partial charge on any atom is 0.271 e. The molecule has 0 saturated heterocycles. The molecule has 118 valence electrons. The number of hydrogen-bond donors (Lipinski definition) is 1. The highest BCUT2D eigenvalue weighted by molar-refractivity contribution is 9.11. The van der Waals surface area contributed by atoms with E-state index in [4.69, 9.17) is 0 Å². The molecule has 1 aromatic carbocycles. The molecule has 22 heavy (non-hydrogen) atoms. The van der Waals surface area contributed by atoms with Crippen molar-refractivity contribution in [2.45, 2.75) is 11.1 Å². The van der Waals surface area contributed by atoms with Crippen LogP contribution in [0.25, 0.3) is 0 Å². The minimum atomic E-state index is -3.66. The maximum absolute atomic E-state index is 12.4. The number of amides is 1. The highest BCUT2D eigenvalue weighted by atomic mass is 79.9. The Kier molecular flexibility index (Phi) is 4.93. The summed E-state index contributed by atoms with van der Waals surface area (Å²) in [5, 5.41) is 0. The summed E-state index contributed by atoms with van der Waals surface area (Å²) in [5.41, 5.74) is 1.58. The van der Waals surface area contributed by atoms with Gasteiger partial charge in [0.2, 0.25) is 0 Å². The van der Waals surface area contributed by atoms with Gasteiger partial charge in [0.25, 0.3) is 15.9 Å². The Balaban J connectivity index is 2.37. The Bertz CT molecular complexity index is 813. The van der Waals surface area contributed by atoms with Crippen LogP contribution in [-0.4, -0.2) is 33.3 Å². The summed E-state index contributed by atoms with van der Waals surface area (Å²) in [7, 11) is -0.368. The number of halogens is 1. The Labute approximate surface area is 142 Å². The van der Waals surface area contributed by atoms with Gasteiger partial charge in [0.05, 0.1) is 9.47 Å². The van der Waals surface area contributed by atoms with Crippen LogP contribution in [0.1, 0.15) is 15.9 Å². The zero-order valence-corrected chi connectivity index (χ0v) is 15.5. The molecular formula is C14H15BrN2O3S2. The molecule has 0 aliphatic rings. The summed E-state index contributed by atoms with van der Waals surface area (Å²) in [6.45, 7) is 1.78. The van der Waals surface area contributed by atoms with Crippen molar-refractivity contribution in [3.8, 4) is 0 Å². The van der Waals surface area contributed by atoms with Crippen molar-refractivity contribution >= 4 is 48.9 Å². The summed E-state index contributed by atoms with van der Waals surface area (Å²) in [6.07, 6.45) is 0. The Morgan fingerprint density at radius 2 is 1.91 bits per heavy atom. The van der Waals surface area contributed by atoms with Gasteiger partial charge in [-0.1, -0.05) is 6.07 Å². The number of rotatable bonds is 4. The minimum Gasteiger partial charge on any atom is -0.345 e. The van der Waals surface area contributed by atoms with Crippen molar-refractivity contribution in [2.24, 2.45) is 0 Å². The van der Waals surface area contributed by atoms with Crippen LogP contribution in [-0.2, 0) is 10.0 Å². The van der Waals surface area contributed by atoms with Gasteiger partial charge in [-0.2, -0.15) is 0 Å². The maximum atomic E-state index is 12.4. The molecule has 1 amide bonds.